The van der Waals surface area contributed by atoms with E-state index in [1.54, 1.807) is 11.3 Å². The van der Waals surface area contributed by atoms with E-state index in [1.807, 2.05) is 59.5 Å². The Balaban J connectivity index is 1.19. The fourth-order valence-electron chi connectivity index (χ4n) is 4.80. The van der Waals surface area contributed by atoms with E-state index in [-0.39, 0.29) is 5.91 Å². The summed E-state index contributed by atoms with van der Waals surface area (Å²) in [5.41, 5.74) is 3.55. The predicted molar refractivity (Wildman–Crippen MR) is 119 cm³/mol. The van der Waals surface area contributed by atoms with Gasteiger partial charge in [-0.1, -0.05) is 36.4 Å². The van der Waals surface area contributed by atoms with Gasteiger partial charge in [-0.2, -0.15) is 4.98 Å². The van der Waals surface area contributed by atoms with Crippen molar-refractivity contribution in [3.8, 4) is 10.4 Å². The fraction of sp³-hybridized carbons (Fsp3) is 0.250. The number of hydrogen-bond acceptors (Lipinski definition) is 5. The van der Waals surface area contributed by atoms with E-state index in [1.165, 1.54) is 0 Å². The number of nitrogens with zero attached hydrogens (tertiary/aromatic N) is 3. The number of oxazole rings is 1. The zero-order chi connectivity index (χ0) is 20.1. The van der Waals surface area contributed by atoms with Gasteiger partial charge < -0.3 is 14.2 Å². The van der Waals surface area contributed by atoms with Gasteiger partial charge in [0.05, 0.1) is 0 Å². The van der Waals surface area contributed by atoms with Crippen LogP contribution in [0.5, 0.6) is 0 Å². The van der Waals surface area contributed by atoms with Crippen molar-refractivity contribution >= 4 is 34.4 Å². The molecule has 5 nitrogen and oxygen atoms in total. The van der Waals surface area contributed by atoms with E-state index >= 15 is 0 Å². The predicted octanol–water partition coefficient (Wildman–Crippen LogP) is 4.76. The normalized spacial score (nSPS) is 20.8. The Morgan fingerprint density at radius 2 is 1.70 bits per heavy atom. The summed E-state index contributed by atoms with van der Waals surface area (Å²) in [6.07, 6.45) is 0. The van der Waals surface area contributed by atoms with Crippen molar-refractivity contribution in [2.75, 3.05) is 31.1 Å². The van der Waals surface area contributed by atoms with Gasteiger partial charge in [0.15, 0.2) is 5.58 Å². The van der Waals surface area contributed by atoms with Crippen LogP contribution in [-0.4, -0.2) is 42.0 Å². The smallest absolute Gasteiger partial charge is 0.298 e. The molecule has 4 aromatic rings. The Morgan fingerprint density at radius 3 is 2.47 bits per heavy atom. The van der Waals surface area contributed by atoms with E-state index in [2.05, 4.69) is 21.3 Å². The molecule has 4 heterocycles. The van der Waals surface area contributed by atoms with Crippen LogP contribution < -0.4 is 4.90 Å². The van der Waals surface area contributed by atoms with Gasteiger partial charge in [-0.3, -0.25) is 4.79 Å². The van der Waals surface area contributed by atoms with Crippen molar-refractivity contribution in [1.82, 2.24) is 9.88 Å². The molecule has 30 heavy (non-hydrogen) atoms. The number of anilines is 1. The maximum Gasteiger partial charge on any atom is 0.298 e. The van der Waals surface area contributed by atoms with Crippen LogP contribution >= 0.6 is 11.3 Å². The van der Waals surface area contributed by atoms with Gasteiger partial charge in [-0.05, 0) is 29.6 Å². The number of thiophene rings is 1. The second-order valence-electron chi connectivity index (χ2n) is 8.12. The number of carbonyl (C=O) groups excluding carboxylic acids is 1. The van der Waals surface area contributed by atoms with E-state index in [9.17, 15) is 4.79 Å². The van der Waals surface area contributed by atoms with Crippen LogP contribution in [0.25, 0.3) is 21.5 Å². The van der Waals surface area contributed by atoms with Gasteiger partial charge in [0.25, 0.3) is 11.9 Å². The molecule has 0 N–H and O–H groups in total. The van der Waals surface area contributed by atoms with Crippen molar-refractivity contribution < 1.29 is 9.21 Å². The average molecular weight is 416 g/mol. The molecule has 0 aliphatic carbocycles. The molecule has 2 fully saturated rings. The van der Waals surface area contributed by atoms with Crippen LogP contribution in [0.1, 0.15) is 10.4 Å². The first-order valence-electron chi connectivity index (χ1n) is 10.3. The molecule has 0 radical (unpaired) electrons. The number of rotatable bonds is 3. The molecule has 6 heteroatoms. The summed E-state index contributed by atoms with van der Waals surface area (Å²) in [6, 6.07) is 20.6. The minimum atomic E-state index is 0.141. The SMILES string of the molecule is O=C(c1ccccc1-c1cccs1)N1CC2CN(c3nc4ccccc4o3)C[C@H]2C1. The standard InChI is InChI=1S/C24H21N3O2S/c28-23(19-7-2-1-6-18(19)22-10-5-11-30-22)26-12-16-14-27(15-17(16)13-26)24-25-20-8-3-4-9-21(20)29-24/h1-11,16-17H,12-15H2/t16-,17?/m1/s1. The molecule has 6 rings (SSSR count). The first kappa shape index (κ1) is 17.7. The lowest BCUT2D eigenvalue weighted by atomic mass is 10.0. The Bertz CT molecular complexity index is 1170. The largest absolute Gasteiger partial charge is 0.423 e. The van der Waals surface area contributed by atoms with Crippen molar-refractivity contribution in [1.29, 1.82) is 0 Å². The molecule has 0 bridgehead atoms. The Labute approximate surface area is 178 Å². The topological polar surface area (TPSA) is 49.6 Å². The fourth-order valence-corrected chi connectivity index (χ4v) is 5.56. The van der Waals surface area contributed by atoms with Crippen LogP contribution in [0.2, 0.25) is 0 Å². The summed E-state index contributed by atoms with van der Waals surface area (Å²) >= 11 is 1.67. The van der Waals surface area contributed by atoms with Crippen molar-refractivity contribution in [2.24, 2.45) is 11.8 Å². The maximum atomic E-state index is 13.3. The lowest BCUT2D eigenvalue weighted by Gasteiger charge is -2.21. The number of benzene rings is 2. The summed E-state index contributed by atoms with van der Waals surface area (Å²) in [4.78, 5) is 23.4. The van der Waals surface area contributed by atoms with Gasteiger partial charge in [0.1, 0.15) is 5.52 Å². The second kappa shape index (κ2) is 6.99. The van der Waals surface area contributed by atoms with Crippen molar-refractivity contribution in [2.45, 2.75) is 0 Å². The summed E-state index contributed by atoms with van der Waals surface area (Å²) in [5.74, 6) is 1.05. The number of para-hydroxylation sites is 2. The van der Waals surface area contributed by atoms with Gasteiger partial charge in [0, 0.05) is 54.0 Å². The molecule has 1 amide bonds. The first-order chi connectivity index (χ1) is 14.8. The molecule has 2 aromatic heterocycles. The molecule has 1 unspecified atom stereocenters. The first-order valence-corrected chi connectivity index (χ1v) is 11.2. The molecule has 2 atom stereocenters. The van der Waals surface area contributed by atoms with E-state index in [4.69, 9.17) is 4.42 Å². The van der Waals surface area contributed by atoms with Crippen LogP contribution in [0, 0.1) is 11.8 Å². The Hall–Kier alpha value is -3.12. The van der Waals surface area contributed by atoms with Gasteiger partial charge in [0.2, 0.25) is 0 Å². The number of aromatic nitrogens is 1. The van der Waals surface area contributed by atoms with Gasteiger partial charge in [-0.25, -0.2) is 0 Å². The minimum Gasteiger partial charge on any atom is -0.423 e. The molecular weight excluding hydrogens is 394 g/mol. The highest BCUT2D eigenvalue weighted by atomic mass is 32.1. The number of likely N-dealkylation sites (tertiary alicyclic amines) is 1. The van der Waals surface area contributed by atoms with Gasteiger partial charge >= 0.3 is 0 Å². The highest BCUT2D eigenvalue weighted by molar-refractivity contribution is 7.13. The summed E-state index contributed by atoms with van der Waals surface area (Å²) in [7, 11) is 0. The molecule has 0 spiro atoms. The van der Waals surface area contributed by atoms with Crippen molar-refractivity contribution in [3.05, 3.63) is 71.6 Å². The lowest BCUT2D eigenvalue weighted by molar-refractivity contribution is 0.0783. The Morgan fingerprint density at radius 1 is 0.933 bits per heavy atom. The molecule has 2 aliphatic rings. The highest BCUT2D eigenvalue weighted by Crippen LogP contribution is 2.36. The summed E-state index contributed by atoms with van der Waals surface area (Å²) < 4.78 is 5.95. The van der Waals surface area contributed by atoms with E-state index in [0.717, 1.165) is 53.3 Å². The van der Waals surface area contributed by atoms with E-state index in [0.29, 0.717) is 17.9 Å². The Kier molecular flexibility index (Phi) is 4.13. The highest BCUT2D eigenvalue weighted by Gasteiger charge is 2.43. The van der Waals surface area contributed by atoms with Crippen LogP contribution in [0.15, 0.2) is 70.5 Å². The van der Waals surface area contributed by atoms with Crippen molar-refractivity contribution in [3.63, 3.8) is 0 Å². The minimum absolute atomic E-state index is 0.141. The summed E-state index contributed by atoms with van der Waals surface area (Å²) in [5, 5.41) is 2.05. The number of fused-ring (bicyclic) bond motifs is 2. The lowest BCUT2D eigenvalue weighted by Crippen LogP contribution is -2.33. The summed E-state index contributed by atoms with van der Waals surface area (Å²) in [6.45, 7) is 3.35. The molecule has 2 saturated heterocycles. The quantitative estimate of drug-likeness (QED) is 0.484. The average Bonchev–Trinajstić information content (AvgIpc) is 3.55. The molecule has 150 valence electrons. The molecular formula is C24H21N3O2S. The second-order valence-corrected chi connectivity index (χ2v) is 9.07. The van der Waals surface area contributed by atoms with E-state index < -0.39 is 0 Å². The monoisotopic (exact) mass is 415 g/mol. The third-order valence-corrected chi connectivity index (χ3v) is 7.17. The third-order valence-electron chi connectivity index (χ3n) is 6.27. The molecule has 0 saturated carbocycles. The third kappa shape index (κ3) is 2.91. The molecule has 2 aromatic carbocycles. The number of amides is 1. The molecule has 2 aliphatic heterocycles. The van der Waals surface area contributed by atoms with Crippen LogP contribution in [0.3, 0.4) is 0 Å². The zero-order valence-corrected chi connectivity index (χ0v) is 17.2. The van der Waals surface area contributed by atoms with Gasteiger partial charge in [-0.15, -0.1) is 11.3 Å². The van der Waals surface area contributed by atoms with Crippen LogP contribution in [-0.2, 0) is 0 Å². The zero-order valence-electron chi connectivity index (χ0n) is 16.4. The maximum absolute atomic E-state index is 13.3. The number of hydrogen-bond donors (Lipinski definition) is 0. The number of carbonyl (C=O) groups is 1. The van der Waals surface area contributed by atoms with Crippen LogP contribution in [0.4, 0.5) is 6.01 Å².